The van der Waals surface area contributed by atoms with Gasteiger partial charge < -0.3 is 15.0 Å². The Labute approximate surface area is 218 Å². The fourth-order valence-electron chi connectivity index (χ4n) is 4.65. The maximum atomic E-state index is 13.8. The zero-order valence-corrected chi connectivity index (χ0v) is 24.3. The van der Waals surface area contributed by atoms with Crippen LogP contribution in [0, 0.1) is 17.3 Å². The van der Waals surface area contributed by atoms with Crippen LogP contribution in [0.5, 0.6) is 0 Å². The first kappa shape index (κ1) is 31.4. The van der Waals surface area contributed by atoms with E-state index in [9.17, 15) is 14.4 Å². The summed E-state index contributed by atoms with van der Waals surface area (Å²) in [5, 5.41) is 3.11. The number of hydrogen-bond acceptors (Lipinski definition) is 4. The van der Waals surface area contributed by atoms with Crippen LogP contribution in [0.2, 0.25) is 0 Å². The highest BCUT2D eigenvalue weighted by atomic mass is 16.5. The van der Waals surface area contributed by atoms with Gasteiger partial charge in [-0.25, -0.2) is 4.79 Å². The van der Waals surface area contributed by atoms with Crippen molar-refractivity contribution in [1.82, 2.24) is 10.2 Å². The second-order valence-electron chi connectivity index (χ2n) is 11.6. The molecule has 0 unspecified atom stereocenters. The van der Waals surface area contributed by atoms with Gasteiger partial charge in [0.25, 0.3) is 0 Å². The molecule has 202 valence electrons. The summed E-state index contributed by atoms with van der Waals surface area (Å²) in [5.74, 6) is -0.962. The van der Waals surface area contributed by atoms with Crippen LogP contribution in [-0.4, -0.2) is 48.4 Å². The molecule has 0 aliphatic rings. The van der Waals surface area contributed by atoms with E-state index >= 15 is 0 Å². The summed E-state index contributed by atoms with van der Waals surface area (Å²) in [7, 11) is 1.73. The fraction of sp³-hybridized carbons (Fsp3) is 0.633. The van der Waals surface area contributed by atoms with E-state index in [-0.39, 0.29) is 29.7 Å². The molecule has 0 radical (unpaired) electrons. The lowest BCUT2D eigenvalue weighted by atomic mass is 9.71. The number of amides is 2. The molecule has 0 fully saturated rings. The lowest BCUT2D eigenvalue weighted by Crippen LogP contribution is -2.58. The molecule has 6 nitrogen and oxygen atoms in total. The lowest BCUT2D eigenvalue weighted by molar-refractivity contribution is -0.142. The van der Waals surface area contributed by atoms with Crippen molar-refractivity contribution in [3.63, 3.8) is 0 Å². The van der Waals surface area contributed by atoms with Gasteiger partial charge in [0, 0.05) is 24.0 Å². The van der Waals surface area contributed by atoms with Crippen molar-refractivity contribution in [1.29, 1.82) is 0 Å². The molecule has 0 aliphatic carbocycles. The third-order valence-electron chi connectivity index (χ3n) is 7.01. The number of nitrogens with zero attached hydrogens (tertiary/aromatic N) is 1. The zero-order chi connectivity index (χ0) is 27.8. The van der Waals surface area contributed by atoms with E-state index in [1.165, 1.54) is 0 Å². The summed E-state index contributed by atoms with van der Waals surface area (Å²) in [6.45, 7) is 19.8. The van der Waals surface area contributed by atoms with Crippen LogP contribution < -0.4 is 5.32 Å². The Morgan fingerprint density at radius 2 is 1.58 bits per heavy atom. The average molecular weight is 501 g/mol. The number of likely N-dealkylation sites (N-methyl/N-ethyl adjacent to an activating group) is 1. The van der Waals surface area contributed by atoms with Gasteiger partial charge in [0.15, 0.2) is 0 Å². The van der Waals surface area contributed by atoms with Crippen LogP contribution >= 0.6 is 0 Å². The lowest BCUT2D eigenvalue weighted by Gasteiger charge is -2.39. The van der Waals surface area contributed by atoms with Gasteiger partial charge in [0.05, 0.1) is 12.6 Å². The van der Waals surface area contributed by atoms with Crippen LogP contribution in [0.25, 0.3) is 0 Å². The monoisotopic (exact) mass is 500 g/mol. The molecule has 1 rings (SSSR count). The maximum Gasteiger partial charge on any atom is 0.333 e. The van der Waals surface area contributed by atoms with Gasteiger partial charge in [-0.2, -0.15) is 0 Å². The van der Waals surface area contributed by atoms with E-state index in [1.54, 1.807) is 31.9 Å². The number of benzene rings is 1. The minimum Gasteiger partial charge on any atom is -0.463 e. The second-order valence-corrected chi connectivity index (χ2v) is 11.6. The van der Waals surface area contributed by atoms with Crippen molar-refractivity contribution in [2.75, 3.05) is 13.7 Å². The van der Waals surface area contributed by atoms with Crippen molar-refractivity contribution in [3.8, 4) is 0 Å². The van der Waals surface area contributed by atoms with E-state index in [4.69, 9.17) is 4.74 Å². The first-order valence-electron chi connectivity index (χ1n) is 13.1. The number of carbonyl (C=O) groups is 3. The molecule has 0 saturated heterocycles. The Morgan fingerprint density at radius 3 is 2.03 bits per heavy atom. The molecule has 0 heterocycles. The quantitative estimate of drug-likeness (QED) is 0.321. The molecule has 3 atom stereocenters. The standard InChI is InChI=1S/C30H48N2O4/c1-12-23(30(9,10)22-17-15-14-16-18-22)26(33)31-25(29(6,7)8)27(34)32(11)24(20(3)4)19-21(5)28(35)36-13-2/h14-20,23-25H,12-13H2,1-11H3,(H,31,33)/b21-19+/t23-,24-,25-/m1/s1. The van der Waals surface area contributed by atoms with Gasteiger partial charge in [-0.3, -0.25) is 9.59 Å². The minimum absolute atomic E-state index is 0.0556. The molecule has 1 aromatic carbocycles. The molecule has 0 saturated carbocycles. The van der Waals surface area contributed by atoms with Crippen molar-refractivity contribution in [3.05, 3.63) is 47.5 Å². The number of esters is 1. The van der Waals surface area contributed by atoms with E-state index < -0.39 is 22.8 Å². The Balaban J connectivity index is 3.28. The topological polar surface area (TPSA) is 75.7 Å². The van der Waals surface area contributed by atoms with Crippen LogP contribution in [0.1, 0.15) is 81.2 Å². The Bertz CT molecular complexity index is 913. The van der Waals surface area contributed by atoms with Crippen molar-refractivity contribution >= 4 is 17.8 Å². The number of hydrogen-bond donors (Lipinski definition) is 1. The number of rotatable bonds is 11. The predicted molar refractivity (Wildman–Crippen MR) is 146 cm³/mol. The molecular weight excluding hydrogens is 452 g/mol. The predicted octanol–water partition coefficient (Wildman–Crippen LogP) is 5.51. The number of ether oxygens (including phenoxy) is 1. The molecule has 0 aromatic heterocycles. The van der Waals surface area contributed by atoms with E-state index in [2.05, 4.69) is 19.2 Å². The van der Waals surface area contributed by atoms with Gasteiger partial charge in [0.2, 0.25) is 11.8 Å². The number of carbonyl (C=O) groups excluding carboxylic acids is 3. The molecule has 6 heteroatoms. The molecule has 36 heavy (non-hydrogen) atoms. The summed E-state index contributed by atoms with van der Waals surface area (Å²) >= 11 is 0. The maximum absolute atomic E-state index is 13.8. The summed E-state index contributed by atoms with van der Waals surface area (Å²) in [6, 6.07) is 8.96. The Hall–Kier alpha value is -2.63. The fourth-order valence-corrected chi connectivity index (χ4v) is 4.65. The third kappa shape index (κ3) is 7.94. The zero-order valence-electron chi connectivity index (χ0n) is 24.3. The molecule has 2 amide bonds. The molecule has 0 bridgehead atoms. The highest BCUT2D eigenvalue weighted by molar-refractivity contribution is 5.90. The van der Waals surface area contributed by atoms with Gasteiger partial charge in [-0.05, 0) is 37.2 Å². The van der Waals surface area contributed by atoms with Crippen molar-refractivity contribution < 1.29 is 19.1 Å². The first-order chi connectivity index (χ1) is 16.6. The molecule has 0 aliphatic heterocycles. The van der Waals surface area contributed by atoms with Crippen molar-refractivity contribution in [2.45, 2.75) is 93.2 Å². The van der Waals surface area contributed by atoms with E-state index in [0.29, 0.717) is 18.6 Å². The molecular formula is C30H48N2O4. The summed E-state index contributed by atoms with van der Waals surface area (Å²) < 4.78 is 5.12. The van der Waals surface area contributed by atoms with Crippen LogP contribution in [0.4, 0.5) is 0 Å². The smallest absolute Gasteiger partial charge is 0.333 e. The first-order valence-corrected chi connectivity index (χ1v) is 13.1. The van der Waals surface area contributed by atoms with Gasteiger partial charge in [0.1, 0.15) is 6.04 Å². The SMILES string of the molecule is CCOC(=O)/C(C)=C/[C@H](C(C)C)N(C)C(=O)[C@@H](NC(=O)[C@@H](CC)C(C)(C)c1ccccc1)C(C)(C)C. The van der Waals surface area contributed by atoms with E-state index in [0.717, 1.165) is 5.56 Å². The Kier molecular flexibility index (Phi) is 11.4. The summed E-state index contributed by atoms with van der Waals surface area (Å²) in [6.07, 6.45) is 2.43. The van der Waals surface area contributed by atoms with Gasteiger partial charge >= 0.3 is 5.97 Å². The van der Waals surface area contributed by atoms with Crippen LogP contribution in [0.3, 0.4) is 0 Å². The molecule has 1 N–H and O–H groups in total. The van der Waals surface area contributed by atoms with Crippen LogP contribution in [-0.2, 0) is 24.5 Å². The van der Waals surface area contributed by atoms with E-state index in [1.807, 2.05) is 71.9 Å². The highest BCUT2D eigenvalue weighted by Gasteiger charge is 2.41. The van der Waals surface area contributed by atoms with Crippen LogP contribution in [0.15, 0.2) is 42.0 Å². The normalized spacial score (nSPS) is 15.2. The average Bonchev–Trinajstić information content (AvgIpc) is 2.80. The van der Waals surface area contributed by atoms with Gasteiger partial charge in [-0.1, -0.05) is 91.8 Å². The summed E-state index contributed by atoms with van der Waals surface area (Å²) in [5.41, 5.74) is 0.624. The molecule has 1 aromatic rings. The Morgan fingerprint density at radius 1 is 1.03 bits per heavy atom. The third-order valence-corrected chi connectivity index (χ3v) is 7.01. The minimum atomic E-state index is -0.729. The summed E-state index contributed by atoms with van der Waals surface area (Å²) in [4.78, 5) is 41.4. The molecule has 0 spiro atoms. The number of nitrogens with one attached hydrogen (secondary N) is 1. The van der Waals surface area contributed by atoms with Crippen molar-refractivity contribution in [2.24, 2.45) is 17.3 Å². The highest BCUT2D eigenvalue weighted by Crippen LogP contribution is 2.35. The van der Waals surface area contributed by atoms with Gasteiger partial charge in [-0.15, -0.1) is 0 Å². The largest absolute Gasteiger partial charge is 0.463 e. The second kappa shape index (κ2) is 13.1.